The highest BCUT2D eigenvalue weighted by molar-refractivity contribution is 9.10. The molecule has 1 N–H and O–H groups in total. The fourth-order valence-corrected chi connectivity index (χ4v) is 2.04. The quantitative estimate of drug-likeness (QED) is 0.853. The minimum Gasteiger partial charge on any atom is -0.320 e. The molecule has 0 saturated heterocycles. The van der Waals surface area contributed by atoms with Gasteiger partial charge in [-0.05, 0) is 65.7 Å². The molecule has 0 radical (unpaired) electrons. The molecule has 3 nitrogen and oxygen atoms in total. The number of benzene rings is 1. The molecule has 0 saturated carbocycles. The summed E-state index contributed by atoms with van der Waals surface area (Å²) in [6.07, 6.45) is 0. The summed E-state index contributed by atoms with van der Waals surface area (Å²) >= 11 is 3.26. The highest BCUT2D eigenvalue weighted by Gasteiger charge is 2.10. The number of carbonyl (C=O) groups excluding carboxylic acids is 1. The Morgan fingerprint density at radius 2 is 2.00 bits per heavy atom. The Labute approximate surface area is 119 Å². The molecule has 98 valence electrons. The highest BCUT2D eigenvalue weighted by Crippen LogP contribution is 2.17. The van der Waals surface area contributed by atoms with Gasteiger partial charge in [-0.2, -0.15) is 0 Å². The van der Waals surface area contributed by atoms with Crippen LogP contribution >= 0.6 is 15.9 Å². The van der Waals surface area contributed by atoms with Crippen molar-refractivity contribution in [2.45, 2.75) is 13.8 Å². The molecular formula is C14H12BrFN2O. The van der Waals surface area contributed by atoms with Gasteiger partial charge >= 0.3 is 0 Å². The number of hydrogen-bond acceptors (Lipinski definition) is 2. The van der Waals surface area contributed by atoms with Gasteiger partial charge in [0.15, 0.2) is 0 Å². The average Bonchev–Trinajstić information content (AvgIpc) is 2.36. The molecule has 0 aliphatic rings. The van der Waals surface area contributed by atoms with Gasteiger partial charge in [-0.15, -0.1) is 0 Å². The second-order valence-electron chi connectivity index (χ2n) is 4.19. The van der Waals surface area contributed by atoms with Gasteiger partial charge in [-0.3, -0.25) is 4.79 Å². The van der Waals surface area contributed by atoms with E-state index < -0.39 is 0 Å². The van der Waals surface area contributed by atoms with E-state index in [2.05, 4.69) is 26.2 Å². The van der Waals surface area contributed by atoms with Crippen LogP contribution in [-0.2, 0) is 0 Å². The van der Waals surface area contributed by atoms with Crippen molar-refractivity contribution < 1.29 is 9.18 Å². The standard InChI is InChI=1S/C14H12BrFN2O/c1-8-7-10(3-4-11(8)16)14(19)18-12-5-6-13(15)17-9(12)2/h3-7H,1-2H3,(H,18,19). The summed E-state index contributed by atoms with van der Waals surface area (Å²) in [5.74, 6) is -0.603. The predicted molar refractivity (Wildman–Crippen MR) is 75.8 cm³/mol. The third-order valence-electron chi connectivity index (χ3n) is 2.72. The molecular weight excluding hydrogens is 311 g/mol. The third-order valence-corrected chi connectivity index (χ3v) is 3.16. The maximum absolute atomic E-state index is 13.2. The second-order valence-corrected chi connectivity index (χ2v) is 5.00. The van der Waals surface area contributed by atoms with Gasteiger partial charge < -0.3 is 5.32 Å². The largest absolute Gasteiger partial charge is 0.320 e. The van der Waals surface area contributed by atoms with Crippen molar-refractivity contribution in [3.05, 3.63) is 57.6 Å². The molecule has 0 atom stereocenters. The van der Waals surface area contributed by atoms with E-state index in [1.165, 1.54) is 18.2 Å². The monoisotopic (exact) mass is 322 g/mol. The van der Waals surface area contributed by atoms with Crippen LogP contribution in [0.15, 0.2) is 34.9 Å². The summed E-state index contributed by atoms with van der Waals surface area (Å²) in [4.78, 5) is 16.2. The minimum atomic E-state index is -0.321. The minimum absolute atomic E-state index is 0.282. The number of anilines is 1. The predicted octanol–water partition coefficient (Wildman–Crippen LogP) is 3.85. The number of nitrogens with zero attached hydrogens (tertiary/aromatic N) is 1. The van der Waals surface area contributed by atoms with Gasteiger partial charge in [0.2, 0.25) is 0 Å². The first-order valence-corrected chi connectivity index (χ1v) is 6.47. The summed E-state index contributed by atoms with van der Waals surface area (Å²) in [6, 6.07) is 7.78. The Balaban J connectivity index is 2.23. The van der Waals surface area contributed by atoms with Crippen molar-refractivity contribution in [3.63, 3.8) is 0 Å². The van der Waals surface area contributed by atoms with Gasteiger partial charge in [0.1, 0.15) is 10.4 Å². The van der Waals surface area contributed by atoms with E-state index in [1.54, 1.807) is 26.0 Å². The first kappa shape index (κ1) is 13.7. The van der Waals surface area contributed by atoms with Crippen LogP contribution in [0.2, 0.25) is 0 Å². The van der Waals surface area contributed by atoms with Gasteiger partial charge in [0.05, 0.1) is 11.4 Å². The van der Waals surface area contributed by atoms with Crippen LogP contribution < -0.4 is 5.32 Å². The Morgan fingerprint density at radius 3 is 2.63 bits per heavy atom. The zero-order valence-corrected chi connectivity index (χ0v) is 12.1. The van der Waals surface area contributed by atoms with Gasteiger partial charge in [-0.1, -0.05) is 0 Å². The number of aromatic nitrogens is 1. The molecule has 2 aromatic rings. The molecule has 0 fully saturated rings. The lowest BCUT2D eigenvalue weighted by Crippen LogP contribution is -2.13. The molecule has 19 heavy (non-hydrogen) atoms. The molecule has 0 spiro atoms. The lowest BCUT2D eigenvalue weighted by Gasteiger charge is -2.08. The van der Waals surface area contributed by atoms with Crippen molar-refractivity contribution in [2.24, 2.45) is 0 Å². The van der Waals surface area contributed by atoms with E-state index in [0.717, 1.165) is 0 Å². The number of amides is 1. The van der Waals surface area contributed by atoms with Crippen LogP contribution in [-0.4, -0.2) is 10.9 Å². The number of carbonyl (C=O) groups is 1. The first-order chi connectivity index (χ1) is 8.97. The Bertz CT molecular complexity index is 643. The maximum Gasteiger partial charge on any atom is 0.255 e. The van der Waals surface area contributed by atoms with E-state index in [9.17, 15) is 9.18 Å². The van der Waals surface area contributed by atoms with E-state index >= 15 is 0 Å². The van der Waals surface area contributed by atoms with Crippen LogP contribution in [0.3, 0.4) is 0 Å². The molecule has 5 heteroatoms. The summed E-state index contributed by atoms with van der Waals surface area (Å²) in [5, 5.41) is 2.76. The van der Waals surface area contributed by atoms with Crippen molar-refractivity contribution in [1.29, 1.82) is 0 Å². The molecule has 1 heterocycles. The van der Waals surface area contributed by atoms with Crippen molar-refractivity contribution >= 4 is 27.5 Å². The number of pyridine rings is 1. The fourth-order valence-electron chi connectivity index (χ4n) is 1.64. The Hall–Kier alpha value is -1.75. The molecule has 2 rings (SSSR count). The van der Waals surface area contributed by atoms with Crippen molar-refractivity contribution in [3.8, 4) is 0 Å². The number of halogens is 2. The zero-order chi connectivity index (χ0) is 14.0. The smallest absolute Gasteiger partial charge is 0.255 e. The van der Waals surface area contributed by atoms with E-state index in [1.807, 2.05) is 0 Å². The maximum atomic E-state index is 13.2. The van der Waals surface area contributed by atoms with E-state index in [4.69, 9.17) is 0 Å². The van der Waals surface area contributed by atoms with Crippen molar-refractivity contribution in [1.82, 2.24) is 4.98 Å². The number of hydrogen-bond donors (Lipinski definition) is 1. The summed E-state index contributed by atoms with van der Waals surface area (Å²) in [5.41, 5.74) is 2.20. The Morgan fingerprint density at radius 1 is 1.26 bits per heavy atom. The molecule has 0 aliphatic carbocycles. The van der Waals surface area contributed by atoms with E-state index in [-0.39, 0.29) is 11.7 Å². The van der Waals surface area contributed by atoms with Crippen LogP contribution in [0, 0.1) is 19.7 Å². The molecule has 0 bridgehead atoms. The summed E-state index contributed by atoms with van der Waals surface area (Å²) < 4.78 is 13.9. The third kappa shape index (κ3) is 3.17. The second kappa shape index (κ2) is 5.48. The lowest BCUT2D eigenvalue weighted by atomic mass is 10.1. The van der Waals surface area contributed by atoms with Crippen LogP contribution in [0.4, 0.5) is 10.1 Å². The average molecular weight is 323 g/mol. The van der Waals surface area contributed by atoms with E-state index in [0.29, 0.717) is 27.1 Å². The topological polar surface area (TPSA) is 42.0 Å². The van der Waals surface area contributed by atoms with Crippen LogP contribution in [0.25, 0.3) is 0 Å². The lowest BCUT2D eigenvalue weighted by molar-refractivity contribution is 0.102. The molecule has 1 amide bonds. The zero-order valence-electron chi connectivity index (χ0n) is 10.5. The van der Waals surface area contributed by atoms with Gasteiger partial charge in [-0.25, -0.2) is 9.37 Å². The number of nitrogens with one attached hydrogen (secondary N) is 1. The molecule has 1 aromatic heterocycles. The Kier molecular flexibility index (Phi) is 3.95. The van der Waals surface area contributed by atoms with Crippen LogP contribution in [0.5, 0.6) is 0 Å². The van der Waals surface area contributed by atoms with Gasteiger partial charge in [0, 0.05) is 5.56 Å². The molecule has 0 unspecified atom stereocenters. The van der Waals surface area contributed by atoms with Gasteiger partial charge in [0.25, 0.3) is 5.91 Å². The highest BCUT2D eigenvalue weighted by atomic mass is 79.9. The SMILES string of the molecule is Cc1cc(C(=O)Nc2ccc(Br)nc2C)ccc1F. The first-order valence-electron chi connectivity index (χ1n) is 5.68. The molecule has 0 aliphatic heterocycles. The summed E-state index contributed by atoms with van der Waals surface area (Å²) in [6.45, 7) is 3.43. The number of rotatable bonds is 2. The van der Waals surface area contributed by atoms with Crippen LogP contribution in [0.1, 0.15) is 21.6 Å². The number of aryl methyl sites for hydroxylation is 2. The fraction of sp³-hybridized carbons (Fsp3) is 0.143. The normalized spacial score (nSPS) is 10.3. The van der Waals surface area contributed by atoms with Crippen molar-refractivity contribution in [2.75, 3.05) is 5.32 Å². The molecule has 1 aromatic carbocycles. The summed E-state index contributed by atoms with van der Waals surface area (Å²) in [7, 11) is 0.